The van der Waals surface area contributed by atoms with Crippen molar-refractivity contribution in [3.8, 4) is 0 Å². The number of carbonyl (C=O) groups is 2. The molecule has 5 nitrogen and oxygen atoms in total. The van der Waals surface area contributed by atoms with Crippen molar-refractivity contribution < 1.29 is 19.1 Å². The molecule has 1 N–H and O–H groups in total. The third kappa shape index (κ3) is 1.86. The molecule has 0 radical (unpaired) electrons. The number of furan rings is 1. The number of aliphatic carboxylic acids is 1. The van der Waals surface area contributed by atoms with Crippen LogP contribution in [0, 0.1) is 5.92 Å². The highest BCUT2D eigenvalue weighted by Crippen LogP contribution is 2.18. The first-order valence-electron chi connectivity index (χ1n) is 4.74. The van der Waals surface area contributed by atoms with Gasteiger partial charge in [0.2, 0.25) is 0 Å². The fourth-order valence-electron chi connectivity index (χ4n) is 1.70. The van der Waals surface area contributed by atoms with Crippen molar-refractivity contribution in [3.63, 3.8) is 0 Å². The Morgan fingerprint density at radius 3 is 2.87 bits per heavy atom. The molecule has 0 spiro atoms. The molecule has 1 aromatic heterocycles. The van der Waals surface area contributed by atoms with Gasteiger partial charge in [0, 0.05) is 13.1 Å². The summed E-state index contributed by atoms with van der Waals surface area (Å²) < 4.78 is 4.96. The first kappa shape index (κ1) is 9.76. The minimum Gasteiger partial charge on any atom is -0.481 e. The molecular formula is C10H11NO4. The number of rotatable bonds is 2. The van der Waals surface area contributed by atoms with E-state index in [1.807, 2.05) is 0 Å². The Morgan fingerprint density at radius 2 is 2.33 bits per heavy atom. The smallest absolute Gasteiger partial charge is 0.308 e. The van der Waals surface area contributed by atoms with E-state index in [0.29, 0.717) is 13.0 Å². The fourth-order valence-corrected chi connectivity index (χ4v) is 1.70. The summed E-state index contributed by atoms with van der Waals surface area (Å²) in [7, 11) is 0. The van der Waals surface area contributed by atoms with Crippen LogP contribution >= 0.6 is 0 Å². The predicted octanol–water partition coefficient (Wildman–Crippen LogP) is 0.826. The highest BCUT2D eigenvalue weighted by molar-refractivity contribution is 5.92. The van der Waals surface area contributed by atoms with E-state index >= 15 is 0 Å². The van der Waals surface area contributed by atoms with Gasteiger partial charge in [-0.05, 0) is 18.6 Å². The van der Waals surface area contributed by atoms with E-state index in [-0.39, 0.29) is 18.2 Å². The average molecular weight is 209 g/mol. The van der Waals surface area contributed by atoms with Gasteiger partial charge in [0.15, 0.2) is 5.76 Å². The fraction of sp³-hybridized carbons (Fsp3) is 0.400. The molecule has 1 aliphatic heterocycles. The Hall–Kier alpha value is -1.78. The molecule has 0 bridgehead atoms. The largest absolute Gasteiger partial charge is 0.481 e. The van der Waals surface area contributed by atoms with Crippen molar-refractivity contribution in [2.24, 2.45) is 5.92 Å². The van der Waals surface area contributed by atoms with E-state index in [9.17, 15) is 9.59 Å². The maximum absolute atomic E-state index is 11.7. The van der Waals surface area contributed by atoms with E-state index < -0.39 is 11.9 Å². The summed E-state index contributed by atoms with van der Waals surface area (Å²) in [6, 6.07) is 3.22. The Kier molecular flexibility index (Phi) is 2.45. The molecule has 0 aromatic carbocycles. The number of likely N-dealkylation sites (tertiary alicyclic amines) is 1. The average Bonchev–Trinajstić information content (AvgIpc) is 2.88. The molecule has 1 fully saturated rings. The van der Waals surface area contributed by atoms with Crippen molar-refractivity contribution in [2.45, 2.75) is 6.42 Å². The Bertz CT molecular complexity index is 371. The second-order valence-electron chi connectivity index (χ2n) is 3.55. The molecule has 0 aliphatic carbocycles. The second-order valence-corrected chi connectivity index (χ2v) is 3.55. The SMILES string of the molecule is O=C(O)[C@@H]1CCN(C(=O)c2ccco2)C1. The summed E-state index contributed by atoms with van der Waals surface area (Å²) in [5.74, 6) is -1.25. The van der Waals surface area contributed by atoms with Crippen LogP contribution in [0.3, 0.4) is 0 Å². The molecule has 1 aliphatic rings. The molecule has 80 valence electrons. The van der Waals surface area contributed by atoms with E-state index in [1.165, 1.54) is 11.2 Å². The Morgan fingerprint density at radius 1 is 1.53 bits per heavy atom. The van der Waals surface area contributed by atoms with Crippen LogP contribution in [-0.4, -0.2) is 35.0 Å². The lowest BCUT2D eigenvalue weighted by Gasteiger charge is -2.13. The van der Waals surface area contributed by atoms with E-state index in [2.05, 4.69) is 0 Å². The Labute approximate surface area is 86.3 Å². The molecule has 1 aromatic rings. The zero-order valence-corrected chi connectivity index (χ0v) is 8.05. The van der Waals surface area contributed by atoms with Crippen LogP contribution in [0.15, 0.2) is 22.8 Å². The topological polar surface area (TPSA) is 70.8 Å². The van der Waals surface area contributed by atoms with Gasteiger partial charge in [-0.2, -0.15) is 0 Å². The number of hydrogen-bond acceptors (Lipinski definition) is 3. The minimum atomic E-state index is -0.843. The molecule has 1 saturated heterocycles. The van der Waals surface area contributed by atoms with E-state index in [1.54, 1.807) is 12.1 Å². The molecule has 15 heavy (non-hydrogen) atoms. The van der Waals surface area contributed by atoms with Crippen LogP contribution in [0.5, 0.6) is 0 Å². The first-order valence-corrected chi connectivity index (χ1v) is 4.74. The van der Waals surface area contributed by atoms with Crippen molar-refractivity contribution in [2.75, 3.05) is 13.1 Å². The van der Waals surface area contributed by atoms with Crippen LogP contribution in [0.2, 0.25) is 0 Å². The van der Waals surface area contributed by atoms with Gasteiger partial charge in [-0.3, -0.25) is 9.59 Å². The first-order chi connectivity index (χ1) is 7.18. The number of nitrogens with zero attached hydrogens (tertiary/aromatic N) is 1. The zero-order valence-electron chi connectivity index (χ0n) is 8.05. The van der Waals surface area contributed by atoms with Gasteiger partial charge in [0.05, 0.1) is 12.2 Å². The normalized spacial score (nSPS) is 20.5. The summed E-state index contributed by atoms with van der Waals surface area (Å²) in [5.41, 5.74) is 0. The lowest BCUT2D eigenvalue weighted by molar-refractivity contribution is -0.141. The highest BCUT2D eigenvalue weighted by atomic mass is 16.4. The van der Waals surface area contributed by atoms with Crippen molar-refractivity contribution in [1.82, 2.24) is 4.90 Å². The van der Waals surface area contributed by atoms with E-state index in [4.69, 9.17) is 9.52 Å². The maximum atomic E-state index is 11.7. The van der Waals surface area contributed by atoms with Crippen LogP contribution in [-0.2, 0) is 4.79 Å². The second kappa shape index (κ2) is 3.76. The summed E-state index contributed by atoms with van der Waals surface area (Å²) in [6.45, 7) is 0.755. The molecule has 2 heterocycles. The van der Waals surface area contributed by atoms with Crippen molar-refractivity contribution in [1.29, 1.82) is 0 Å². The number of carbonyl (C=O) groups excluding carboxylic acids is 1. The lowest BCUT2D eigenvalue weighted by atomic mass is 10.1. The summed E-state index contributed by atoms with van der Waals surface area (Å²) in [4.78, 5) is 23.9. The van der Waals surface area contributed by atoms with Crippen LogP contribution < -0.4 is 0 Å². The van der Waals surface area contributed by atoms with E-state index in [0.717, 1.165) is 0 Å². The van der Waals surface area contributed by atoms with Crippen LogP contribution in [0.25, 0.3) is 0 Å². The van der Waals surface area contributed by atoms with Crippen LogP contribution in [0.1, 0.15) is 17.0 Å². The van der Waals surface area contributed by atoms with Gasteiger partial charge in [-0.15, -0.1) is 0 Å². The summed E-state index contributed by atoms with van der Waals surface area (Å²) in [6.07, 6.45) is 1.94. The van der Waals surface area contributed by atoms with Gasteiger partial charge in [0.1, 0.15) is 0 Å². The quantitative estimate of drug-likeness (QED) is 0.783. The van der Waals surface area contributed by atoms with Gasteiger partial charge < -0.3 is 14.4 Å². The number of hydrogen-bond donors (Lipinski definition) is 1. The molecule has 0 saturated carbocycles. The maximum Gasteiger partial charge on any atom is 0.308 e. The molecular weight excluding hydrogens is 198 g/mol. The van der Waals surface area contributed by atoms with Crippen molar-refractivity contribution >= 4 is 11.9 Å². The molecule has 1 atom stereocenters. The molecule has 0 unspecified atom stereocenters. The van der Waals surface area contributed by atoms with Crippen LogP contribution in [0.4, 0.5) is 0 Å². The lowest BCUT2D eigenvalue weighted by Crippen LogP contribution is -2.29. The molecule has 5 heteroatoms. The third-order valence-electron chi connectivity index (χ3n) is 2.56. The predicted molar refractivity (Wildman–Crippen MR) is 50.4 cm³/mol. The minimum absolute atomic E-state index is 0.233. The van der Waals surface area contributed by atoms with Gasteiger partial charge >= 0.3 is 5.97 Å². The number of carboxylic acid groups (broad SMARTS) is 1. The monoisotopic (exact) mass is 209 g/mol. The standard InChI is InChI=1S/C10H11NO4/c12-9(8-2-1-5-15-8)11-4-3-7(6-11)10(13)14/h1-2,5,7H,3-4,6H2,(H,13,14)/t7-/m1/s1. The highest BCUT2D eigenvalue weighted by Gasteiger charge is 2.31. The third-order valence-corrected chi connectivity index (χ3v) is 2.56. The van der Waals surface area contributed by atoms with Gasteiger partial charge in [-0.1, -0.05) is 0 Å². The number of carboxylic acids is 1. The van der Waals surface area contributed by atoms with Gasteiger partial charge in [-0.25, -0.2) is 0 Å². The Balaban J connectivity index is 2.02. The molecule has 2 rings (SSSR count). The number of amides is 1. The zero-order chi connectivity index (χ0) is 10.8. The summed E-state index contributed by atoms with van der Waals surface area (Å²) in [5, 5.41) is 8.78. The summed E-state index contributed by atoms with van der Waals surface area (Å²) >= 11 is 0. The molecule has 1 amide bonds. The van der Waals surface area contributed by atoms with Crippen molar-refractivity contribution in [3.05, 3.63) is 24.2 Å². The van der Waals surface area contributed by atoms with Gasteiger partial charge in [0.25, 0.3) is 5.91 Å².